The minimum absolute atomic E-state index is 0.154. The predicted molar refractivity (Wildman–Crippen MR) is 86.3 cm³/mol. The van der Waals surface area contributed by atoms with Crippen LogP contribution in [0.25, 0.3) is 0 Å². The first-order valence-electron chi connectivity index (χ1n) is 7.74. The highest BCUT2D eigenvalue weighted by Gasteiger charge is 2.31. The lowest BCUT2D eigenvalue weighted by atomic mass is 9.89. The largest absolute Gasteiger partial charge is 0.489 e. The average molecular weight is 281 g/mol. The quantitative estimate of drug-likeness (QED) is 0.906. The van der Waals surface area contributed by atoms with Crippen LogP contribution in [0.4, 0.5) is 0 Å². The number of hydrogen-bond donors (Lipinski definition) is 1. The maximum atomic E-state index is 6.55. The topological polar surface area (TPSA) is 35.2 Å². The predicted octanol–water partition coefficient (Wildman–Crippen LogP) is 4.30. The van der Waals surface area contributed by atoms with Crippen LogP contribution < -0.4 is 10.5 Å². The first-order chi connectivity index (χ1) is 10.2. The van der Waals surface area contributed by atoms with Gasteiger partial charge < -0.3 is 10.5 Å². The van der Waals surface area contributed by atoms with E-state index in [1.807, 2.05) is 18.2 Å². The van der Waals surface area contributed by atoms with Crippen LogP contribution in [0.1, 0.15) is 42.4 Å². The number of aryl methyl sites for hydroxylation is 1. The lowest BCUT2D eigenvalue weighted by Crippen LogP contribution is -2.33. The Morgan fingerprint density at radius 1 is 1.05 bits per heavy atom. The summed E-state index contributed by atoms with van der Waals surface area (Å²) in [5.41, 5.74) is 9.96. The van der Waals surface area contributed by atoms with Gasteiger partial charge in [-0.15, -0.1) is 0 Å². The maximum Gasteiger partial charge on any atom is 0.123 e. The minimum Gasteiger partial charge on any atom is -0.489 e. The van der Waals surface area contributed by atoms with Crippen LogP contribution in [-0.2, 0) is 12.1 Å². The fraction of sp³-hybridized carbons (Fsp3) is 0.368. The van der Waals surface area contributed by atoms with E-state index >= 15 is 0 Å². The molecule has 1 aliphatic rings. The lowest BCUT2D eigenvalue weighted by molar-refractivity contribution is 0.302. The molecule has 21 heavy (non-hydrogen) atoms. The van der Waals surface area contributed by atoms with Crippen LogP contribution in [-0.4, -0.2) is 0 Å². The van der Waals surface area contributed by atoms with Gasteiger partial charge in [0.1, 0.15) is 12.4 Å². The highest BCUT2D eigenvalue weighted by atomic mass is 16.5. The molecular weight excluding hydrogens is 258 g/mol. The second-order valence-corrected chi connectivity index (χ2v) is 6.12. The van der Waals surface area contributed by atoms with E-state index in [9.17, 15) is 0 Å². The van der Waals surface area contributed by atoms with E-state index in [4.69, 9.17) is 10.5 Å². The average Bonchev–Trinajstić information content (AvgIpc) is 2.95. The molecule has 0 bridgehead atoms. The maximum absolute atomic E-state index is 6.55. The number of nitrogens with two attached hydrogens (primary N) is 1. The third-order valence-electron chi connectivity index (χ3n) is 4.50. The Hall–Kier alpha value is -1.80. The normalized spacial score (nSPS) is 16.9. The summed E-state index contributed by atoms with van der Waals surface area (Å²) in [5, 5.41) is 0. The lowest BCUT2D eigenvalue weighted by Gasteiger charge is -2.25. The van der Waals surface area contributed by atoms with Gasteiger partial charge >= 0.3 is 0 Å². The summed E-state index contributed by atoms with van der Waals surface area (Å²) >= 11 is 0. The molecule has 2 N–H and O–H groups in total. The summed E-state index contributed by atoms with van der Waals surface area (Å²) in [7, 11) is 0. The fourth-order valence-corrected chi connectivity index (χ4v) is 3.10. The van der Waals surface area contributed by atoms with Crippen molar-refractivity contribution in [2.24, 2.45) is 5.73 Å². The second-order valence-electron chi connectivity index (χ2n) is 6.12. The number of rotatable bonds is 4. The van der Waals surface area contributed by atoms with E-state index in [1.165, 1.54) is 24.0 Å². The highest BCUT2D eigenvalue weighted by molar-refractivity contribution is 5.40. The molecule has 0 heterocycles. The Balaban J connectivity index is 1.78. The molecular formula is C19H23NO. The molecule has 1 fully saturated rings. The van der Waals surface area contributed by atoms with E-state index in [1.54, 1.807) is 0 Å². The zero-order chi connectivity index (χ0) is 14.7. The van der Waals surface area contributed by atoms with Crippen molar-refractivity contribution in [2.75, 3.05) is 0 Å². The molecule has 0 aliphatic heterocycles. The van der Waals surface area contributed by atoms with E-state index in [0.717, 1.165) is 24.2 Å². The summed E-state index contributed by atoms with van der Waals surface area (Å²) in [6.07, 6.45) is 4.61. The summed E-state index contributed by atoms with van der Waals surface area (Å²) in [6, 6.07) is 16.7. The third kappa shape index (κ3) is 3.11. The minimum atomic E-state index is -0.154. The van der Waals surface area contributed by atoms with Crippen LogP contribution in [0.15, 0.2) is 48.5 Å². The van der Waals surface area contributed by atoms with Gasteiger partial charge in [-0.3, -0.25) is 0 Å². The van der Waals surface area contributed by atoms with Crippen molar-refractivity contribution < 1.29 is 4.74 Å². The molecule has 0 atom stereocenters. The van der Waals surface area contributed by atoms with Crippen molar-refractivity contribution in [3.05, 3.63) is 65.2 Å². The number of ether oxygens (including phenoxy) is 1. The van der Waals surface area contributed by atoms with E-state index in [0.29, 0.717) is 6.61 Å². The van der Waals surface area contributed by atoms with Crippen LogP contribution in [0.2, 0.25) is 0 Å². The molecule has 0 spiro atoms. The molecule has 0 saturated heterocycles. The van der Waals surface area contributed by atoms with Crippen LogP contribution >= 0.6 is 0 Å². The summed E-state index contributed by atoms with van der Waals surface area (Å²) < 4.78 is 6.01. The Morgan fingerprint density at radius 3 is 2.48 bits per heavy atom. The van der Waals surface area contributed by atoms with Crippen molar-refractivity contribution in [2.45, 2.75) is 44.8 Å². The third-order valence-corrected chi connectivity index (χ3v) is 4.50. The molecule has 0 amide bonds. The fourth-order valence-electron chi connectivity index (χ4n) is 3.10. The van der Waals surface area contributed by atoms with Gasteiger partial charge in [0.2, 0.25) is 0 Å². The molecule has 2 aromatic rings. The Bertz CT molecular complexity index is 600. The van der Waals surface area contributed by atoms with Gasteiger partial charge in [-0.25, -0.2) is 0 Å². The number of benzene rings is 2. The van der Waals surface area contributed by atoms with E-state index < -0.39 is 0 Å². The first kappa shape index (κ1) is 14.2. The first-order valence-corrected chi connectivity index (χ1v) is 7.74. The highest BCUT2D eigenvalue weighted by Crippen LogP contribution is 2.38. The van der Waals surface area contributed by atoms with Crippen LogP contribution in [0.3, 0.4) is 0 Å². The smallest absolute Gasteiger partial charge is 0.123 e. The van der Waals surface area contributed by atoms with Crippen molar-refractivity contribution in [3.63, 3.8) is 0 Å². The molecule has 0 aromatic heterocycles. The van der Waals surface area contributed by atoms with Gasteiger partial charge in [-0.05, 0) is 42.5 Å². The van der Waals surface area contributed by atoms with Crippen molar-refractivity contribution in [3.8, 4) is 5.75 Å². The molecule has 0 radical (unpaired) electrons. The van der Waals surface area contributed by atoms with Gasteiger partial charge in [0, 0.05) is 5.54 Å². The summed E-state index contributed by atoms with van der Waals surface area (Å²) in [5.74, 6) is 0.952. The van der Waals surface area contributed by atoms with Crippen LogP contribution in [0, 0.1) is 6.92 Å². The summed E-state index contributed by atoms with van der Waals surface area (Å²) in [4.78, 5) is 0. The van der Waals surface area contributed by atoms with Crippen molar-refractivity contribution >= 4 is 0 Å². The number of hydrogen-bond acceptors (Lipinski definition) is 2. The molecule has 1 saturated carbocycles. The van der Waals surface area contributed by atoms with Crippen LogP contribution in [0.5, 0.6) is 5.75 Å². The second kappa shape index (κ2) is 5.90. The Morgan fingerprint density at radius 2 is 1.76 bits per heavy atom. The Kier molecular flexibility index (Phi) is 3.98. The molecule has 0 unspecified atom stereocenters. The van der Waals surface area contributed by atoms with Gasteiger partial charge in [-0.2, -0.15) is 0 Å². The van der Waals surface area contributed by atoms with Gasteiger partial charge in [-0.1, -0.05) is 55.3 Å². The monoisotopic (exact) mass is 281 g/mol. The molecule has 2 nitrogen and oxygen atoms in total. The summed E-state index contributed by atoms with van der Waals surface area (Å²) in [6.45, 7) is 2.69. The zero-order valence-electron chi connectivity index (χ0n) is 12.6. The van der Waals surface area contributed by atoms with E-state index in [-0.39, 0.29) is 5.54 Å². The van der Waals surface area contributed by atoms with Crippen molar-refractivity contribution in [1.29, 1.82) is 0 Å². The standard InChI is InChI=1S/C19H23NO/c1-15-9-10-17(19(20)11-5-6-12-19)13-18(15)21-14-16-7-3-2-4-8-16/h2-4,7-10,13H,5-6,11-12,14,20H2,1H3. The zero-order valence-corrected chi connectivity index (χ0v) is 12.6. The molecule has 110 valence electrons. The SMILES string of the molecule is Cc1ccc(C2(N)CCCC2)cc1OCc1ccccc1. The molecule has 1 aliphatic carbocycles. The Labute approximate surface area is 126 Å². The van der Waals surface area contributed by atoms with Gasteiger partial charge in [0.05, 0.1) is 0 Å². The van der Waals surface area contributed by atoms with Crippen molar-refractivity contribution in [1.82, 2.24) is 0 Å². The molecule has 2 aromatic carbocycles. The molecule has 2 heteroatoms. The molecule has 3 rings (SSSR count). The van der Waals surface area contributed by atoms with Gasteiger partial charge in [0.15, 0.2) is 0 Å². The van der Waals surface area contributed by atoms with E-state index in [2.05, 4.69) is 37.3 Å². The van der Waals surface area contributed by atoms with Gasteiger partial charge in [0.25, 0.3) is 0 Å².